The number of hydrogen-bond donors (Lipinski definition) is 0. The van der Waals surface area contributed by atoms with E-state index in [0.717, 1.165) is 0 Å². The zero-order valence-electron chi connectivity index (χ0n) is 18.1. The lowest BCUT2D eigenvalue weighted by Crippen LogP contribution is -2.39. The summed E-state index contributed by atoms with van der Waals surface area (Å²) in [4.78, 5) is 0. The van der Waals surface area contributed by atoms with Crippen LogP contribution in [0, 0.1) is 5.92 Å². The van der Waals surface area contributed by atoms with Crippen molar-refractivity contribution in [3.8, 4) is 11.1 Å². The molecule has 4 aromatic carbocycles. The molecule has 0 aromatic heterocycles. The van der Waals surface area contributed by atoms with Gasteiger partial charge in [-0.25, -0.2) is 0 Å². The highest BCUT2D eigenvalue weighted by atomic mass is 14.5. The van der Waals surface area contributed by atoms with Gasteiger partial charge >= 0.3 is 0 Å². The fraction of sp³-hybridized carbons (Fsp3) is 0.226. The molecule has 0 unspecified atom stereocenters. The van der Waals surface area contributed by atoms with Crippen LogP contribution in [0.15, 0.2) is 115 Å². The van der Waals surface area contributed by atoms with Gasteiger partial charge in [0, 0.05) is 5.41 Å². The molecule has 0 N–H and O–H groups in total. The molecule has 1 aliphatic carbocycles. The van der Waals surface area contributed by atoms with Gasteiger partial charge in [0.15, 0.2) is 0 Å². The molecule has 0 heteroatoms. The highest BCUT2D eigenvalue weighted by molar-refractivity contribution is 5.65. The topological polar surface area (TPSA) is 0 Å². The molecule has 0 amide bonds. The van der Waals surface area contributed by atoms with Gasteiger partial charge in [0.1, 0.15) is 0 Å². The Morgan fingerprint density at radius 3 is 1.35 bits per heavy atom. The summed E-state index contributed by atoms with van der Waals surface area (Å²) in [5.74, 6) is 0.605. The summed E-state index contributed by atoms with van der Waals surface area (Å²) in [6.07, 6.45) is 6.58. The molecule has 0 atom stereocenters. The summed E-state index contributed by atoms with van der Waals surface area (Å²) in [6, 6.07) is 42.5. The summed E-state index contributed by atoms with van der Waals surface area (Å²) >= 11 is 0. The van der Waals surface area contributed by atoms with Gasteiger partial charge in [-0.1, -0.05) is 135 Å². The van der Waals surface area contributed by atoms with E-state index in [0.29, 0.717) is 5.92 Å². The first-order chi connectivity index (χ1) is 15.4. The van der Waals surface area contributed by atoms with Crippen LogP contribution in [0.1, 0.15) is 48.8 Å². The molecule has 31 heavy (non-hydrogen) atoms. The maximum atomic E-state index is 2.39. The van der Waals surface area contributed by atoms with E-state index in [1.165, 1.54) is 59.9 Å². The first kappa shape index (κ1) is 19.8. The molecule has 0 spiro atoms. The summed E-state index contributed by atoms with van der Waals surface area (Å²) in [5, 5.41) is 0. The molecule has 0 bridgehead atoms. The maximum Gasteiger partial charge on any atom is 0.0479 e. The van der Waals surface area contributed by atoms with Crippen molar-refractivity contribution in [2.45, 2.75) is 37.5 Å². The third-order valence-corrected chi connectivity index (χ3v) is 7.12. The van der Waals surface area contributed by atoms with Crippen molar-refractivity contribution in [3.63, 3.8) is 0 Å². The fourth-order valence-corrected chi connectivity index (χ4v) is 5.70. The van der Waals surface area contributed by atoms with E-state index in [1.807, 2.05) is 0 Å². The van der Waals surface area contributed by atoms with Gasteiger partial charge < -0.3 is 0 Å². The Morgan fingerprint density at radius 1 is 0.419 bits per heavy atom. The SMILES string of the molecule is c1ccc(-c2ccc(C(c3ccccc3)(c3ccccc3)C3CCCCC3)cc2)cc1. The van der Waals surface area contributed by atoms with Gasteiger partial charge in [0.05, 0.1) is 0 Å². The van der Waals surface area contributed by atoms with Crippen molar-refractivity contribution in [1.82, 2.24) is 0 Å². The van der Waals surface area contributed by atoms with Crippen molar-refractivity contribution in [2.75, 3.05) is 0 Å². The van der Waals surface area contributed by atoms with Crippen molar-refractivity contribution in [2.24, 2.45) is 5.92 Å². The van der Waals surface area contributed by atoms with E-state index >= 15 is 0 Å². The van der Waals surface area contributed by atoms with Crippen molar-refractivity contribution < 1.29 is 0 Å². The van der Waals surface area contributed by atoms with Gasteiger partial charge in [0.2, 0.25) is 0 Å². The van der Waals surface area contributed by atoms with Gasteiger partial charge in [-0.05, 0) is 46.6 Å². The van der Waals surface area contributed by atoms with Gasteiger partial charge in [-0.15, -0.1) is 0 Å². The molecule has 0 heterocycles. The first-order valence-electron chi connectivity index (χ1n) is 11.7. The molecule has 5 rings (SSSR count). The van der Waals surface area contributed by atoms with Gasteiger partial charge in [-0.2, -0.15) is 0 Å². The Kier molecular flexibility index (Phi) is 5.71. The predicted octanol–water partition coefficient (Wildman–Crippen LogP) is 8.27. The summed E-state index contributed by atoms with van der Waals surface area (Å²) < 4.78 is 0. The molecule has 4 aromatic rings. The van der Waals surface area contributed by atoms with Crippen LogP contribution in [-0.2, 0) is 5.41 Å². The van der Waals surface area contributed by atoms with E-state index in [2.05, 4.69) is 115 Å². The van der Waals surface area contributed by atoms with Crippen LogP contribution in [-0.4, -0.2) is 0 Å². The Hall–Kier alpha value is -3.12. The maximum absolute atomic E-state index is 2.39. The van der Waals surface area contributed by atoms with E-state index < -0.39 is 0 Å². The van der Waals surface area contributed by atoms with E-state index in [4.69, 9.17) is 0 Å². The zero-order valence-corrected chi connectivity index (χ0v) is 18.1. The summed E-state index contributed by atoms with van der Waals surface area (Å²) in [7, 11) is 0. The fourth-order valence-electron chi connectivity index (χ4n) is 5.70. The Bertz CT molecular complexity index is 1030. The second-order valence-electron chi connectivity index (χ2n) is 8.82. The number of benzene rings is 4. The minimum Gasteiger partial charge on any atom is -0.0622 e. The quantitative estimate of drug-likeness (QED) is 0.295. The van der Waals surface area contributed by atoms with Gasteiger partial charge in [0.25, 0.3) is 0 Å². The van der Waals surface area contributed by atoms with Crippen LogP contribution in [0.4, 0.5) is 0 Å². The minimum atomic E-state index is -0.113. The zero-order chi connectivity index (χ0) is 20.9. The predicted molar refractivity (Wildman–Crippen MR) is 131 cm³/mol. The van der Waals surface area contributed by atoms with E-state index in [1.54, 1.807) is 0 Å². The van der Waals surface area contributed by atoms with E-state index in [-0.39, 0.29) is 5.41 Å². The van der Waals surface area contributed by atoms with Crippen LogP contribution in [0.25, 0.3) is 11.1 Å². The molecule has 0 radical (unpaired) electrons. The average molecular weight is 403 g/mol. The van der Waals surface area contributed by atoms with Crippen LogP contribution in [0.5, 0.6) is 0 Å². The normalized spacial score (nSPS) is 15.0. The smallest absolute Gasteiger partial charge is 0.0479 e. The van der Waals surface area contributed by atoms with Crippen molar-refractivity contribution >= 4 is 0 Å². The highest BCUT2D eigenvalue weighted by Gasteiger charge is 2.43. The second kappa shape index (κ2) is 8.94. The van der Waals surface area contributed by atoms with Crippen molar-refractivity contribution in [3.05, 3.63) is 132 Å². The van der Waals surface area contributed by atoms with Crippen molar-refractivity contribution in [1.29, 1.82) is 0 Å². The average Bonchev–Trinajstić information content (AvgIpc) is 2.88. The molecule has 1 fully saturated rings. The standard InChI is InChI=1S/C31H30/c1-5-13-25(14-6-1)26-21-23-30(24-22-26)31(27-15-7-2-8-16-27,28-17-9-3-10-18-28)29-19-11-4-12-20-29/h1-3,5-10,13-18,21-24,29H,4,11-12,19-20H2. The second-order valence-corrected chi connectivity index (χ2v) is 8.82. The lowest BCUT2D eigenvalue weighted by atomic mass is 9.58. The molecule has 0 saturated heterocycles. The van der Waals surface area contributed by atoms with Crippen LogP contribution < -0.4 is 0 Å². The molecule has 1 aliphatic rings. The summed E-state index contributed by atoms with van der Waals surface area (Å²) in [6.45, 7) is 0. The van der Waals surface area contributed by atoms with Gasteiger partial charge in [-0.3, -0.25) is 0 Å². The van der Waals surface area contributed by atoms with E-state index in [9.17, 15) is 0 Å². The monoisotopic (exact) mass is 402 g/mol. The lowest BCUT2D eigenvalue weighted by molar-refractivity contribution is 0.271. The highest BCUT2D eigenvalue weighted by Crippen LogP contribution is 2.50. The minimum absolute atomic E-state index is 0.113. The summed E-state index contributed by atoms with van der Waals surface area (Å²) in [5.41, 5.74) is 6.69. The Morgan fingerprint density at radius 2 is 0.839 bits per heavy atom. The van der Waals surface area contributed by atoms with Crippen LogP contribution in [0.2, 0.25) is 0 Å². The molecular weight excluding hydrogens is 372 g/mol. The number of rotatable bonds is 5. The molecular formula is C31H30. The largest absolute Gasteiger partial charge is 0.0622 e. The number of hydrogen-bond acceptors (Lipinski definition) is 0. The lowest BCUT2D eigenvalue weighted by Gasteiger charge is -2.44. The molecule has 154 valence electrons. The third kappa shape index (κ3) is 3.72. The third-order valence-electron chi connectivity index (χ3n) is 7.12. The molecule has 1 saturated carbocycles. The van der Waals surface area contributed by atoms with Crippen LogP contribution >= 0.6 is 0 Å². The van der Waals surface area contributed by atoms with Crippen LogP contribution in [0.3, 0.4) is 0 Å². The first-order valence-corrected chi connectivity index (χ1v) is 11.7. The molecule has 0 aliphatic heterocycles. The Balaban J connectivity index is 1.71. The Labute approximate surface area is 186 Å². The molecule has 0 nitrogen and oxygen atoms in total.